The molecular formula is C17H18FNO4S2. The number of halogens is 1. The minimum atomic E-state index is -3.10. The average molecular weight is 383 g/mol. The van der Waals surface area contributed by atoms with Gasteiger partial charge in [0.2, 0.25) is 5.91 Å². The first-order chi connectivity index (χ1) is 11.9. The maximum Gasteiger partial charge on any atom is 0.233 e. The normalized spacial score (nSPS) is 19.0. The SMILES string of the molecule is O=C(CSc1ccc(F)cc1)N(Cc1ccco1)[C@H]1CCS(=O)(=O)C1. The molecular weight excluding hydrogens is 365 g/mol. The van der Waals surface area contributed by atoms with E-state index in [9.17, 15) is 17.6 Å². The number of amides is 1. The van der Waals surface area contributed by atoms with Gasteiger partial charge in [0.25, 0.3) is 0 Å². The first-order valence-corrected chi connectivity index (χ1v) is 10.6. The molecule has 1 aliphatic rings. The molecule has 0 spiro atoms. The van der Waals surface area contributed by atoms with E-state index in [2.05, 4.69) is 0 Å². The summed E-state index contributed by atoms with van der Waals surface area (Å²) in [6.45, 7) is 0.246. The fourth-order valence-electron chi connectivity index (χ4n) is 2.77. The second-order valence-corrected chi connectivity index (χ2v) is 9.18. The van der Waals surface area contributed by atoms with Gasteiger partial charge in [0.05, 0.1) is 30.1 Å². The molecule has 1 aliphatic heterocycles. The zero-order valence-electron chi connectivity index (χ0n) is 13.4. The van der Waals surface area contributed by atoms with Gasteiger partial charge in [-0.3, -0.25) is 4.79 Å². The van der Waals surface area contributed by atoms with Crippen molar-refractivity contribution in [2.75, 3.05) is 17.3 Å². The van der Waals surface area contributed by atoms with Crippen LogP contribution in [0.5, 0.6) is 0 Å². The number of sulfone groups is 1. The molecule has 1 amide bonds. The van der Waals surface area contributed by atoms with E-state index < -0.39 is 9.84 Å². The predicted octanol–water partition coefficient (Wildman–Crippen LogP) is 2.73. The zero-order valence-corrected chi connectivity index (χ0v) is 15.1. The third-order valence-corrected chi connectivity index (χ3v) is 6.80. The van der Waals surface area contributed by atoms with Crippen LogP contribution in [0.2, 0.25) is 0 Å². The molecule has 0 unspecified atom stereocenters. The second kappa shape index (κ2) is 7.61. The van der Waals surface area contributed by atoms with E-state index in [4.69, 9.17) is 4.42 Å². The molecule has 134 valence electrons. The molecule has 0 bridgehead atoms. The van der Waals surface area contributed by atoms with Gasteiger partial charge < -0.3 is 9.32 Å². The Bertz CT molecular complexity index is 819. The van der Waals surface area contributed by atoms with E-state index >= 15 is 0 Å². The van der Waals surface area contributed by atoms with Crippen molar-refractivity contribution >= 4 is 27.5 Å². The van der Waals surface area contributed by atoms with Crippen LogP contribution in [0.4, 0.5) is 4.39 Å². The number of carbonyl (C=O) groups excluding carboxylic acids is 1. The maximum absolute atomic E-state index is 13.0. The van der Waals surface area contributed by atoms with Crippen LogP contribution in [0, 0.1) is 5.82 Å². The summed E-state index contributed by atoms with van der Waals surface area (Å²) in [6.07, 6.45) is 1.96. The minimum Gasteiger partial charge on any atom is -0.467 e. The number of rotatable bonds is 6. The van der Waals surface area contributed by atoms with Crippen molar-refractivity contribution in [2.45, 2.75) is 23.9 Å². The van der Waals surface area contributed by atoms with Crippen molar-refractivity contribution in [1.82, 2.24) is 4.90 Å². The third kappa shape index (κ3) is 4.85. The Morgan fingerprint density at radius 1 is 1.28 bits per heavy atom. The summed E-state index contributed by atoms with van der Waals surface area (Å²) in [5.41, 5.74) is 0. The summed E-state index contributed by atoms with van der Waals surface area (Å²) in [4.78, 5) is 15.1. The summed E-state index contributed by atoms with van der Waals surface area (Å²) in [5, 5.41) is 0. The number of nitrogens with zero attached hydrogens (tertiary/aromatic N) is 1. The standard InChI is InChI=1S/C17H18FNO4S2/c18-13-3-5-16(6-4-13)24-11-17(20)19(10-15-2-1-8-23-15)14-7-9-25(21,22)12-14/h1-6,8,14H,7,9-12H2/t14-/m0/s1. The molecule has 0 radical (unpaired) electrons. The van der Waals surface area contributed by atoms with Crippen molar-refractivity contribution in [1.29, 1.82) is 0 Å². The quantitative estimate of drug-likeness (QED) is 0.718. The molecule has 3 rings (SSSR count). The Morgan fingerprint density at radius 2 is 2.04 bits per heavy atom. The van der Waals surface area contributed by atoms with Crippen LogP contribution in [0.1, 0.15) is 12.2 Å². The molecule has 1 saturated heterocycles. The highest BCUT2D eigenvalue weighted by molar-refractivity contribution is 8.00. The largest absolute Gasteiger partial charge is 0.467 e. The lowest BCUT2D eigenvalue weighted by Gasteiger charge is -2.27. The Kier molecular flexibility index (Phi) is 5.48. The van der Waals surface area contributed by atoms with E-state index in [1.54, 1.807) is 29.2 Å². The molecule has 1 aromatic heterocycles. The molecule has 1 fully saturated rings. The monoisotopic (exact) mass is 383 g/mol. The number of hydrogen-bond acceptors (Lipinski definition) is 5. The van der Waals surface area contributed by atoms with Crippen LogP contribution in [0.3, 0.4) is 0 Å². The number of carbonyl (C=O) groups is 1. The number of thioether (sulfide) groups is 1. The van der Waals surface area contributed by atoms with Gasteiger partial charge in [-0.15, -0.1) is 11.8 Å². The van der Waals surface area contributed by atoms with Crippen molar-refractivity contribution in [2.24, 2.45) is 0 Å². The van der Waals surface area contributed by atoms with Crippen molar-refractivity contribution in [3.8, 4) is 0 Å². The highest BCUT2D eigenvalue weighted by Gasteiger charge is 2.34. The van der Waals surface area contributed by atoms with E-state index in [0.29, 0.717) is 12.2 Å². The van der Waals surface area contributed by atoms with Crippen LogP contribution >= 0.6 is 11.8 Å². The van der Waals surface area contributed by atoms with Gasteiger partial charge in [-0.05, 0) is 42.8 Å². The van der Waals surface area contributed by atoms with E-state index in [1.165, 1.54) is 30.2 Å². The van der Waals surface area contributed by atoms with Crippen LogP contribution in [-0.4, -0.2) is 42.5 Å². The van der Waals surface area contributed by atoms with Gasteiger partial charge in [0, 0.05) is 10.9 Å². The van der Waals surface area contributed by atoms with Gasteiger partial charge >= 0.3 is 0 Å². The third-order valence-electron chi connectivity index (χ3n) is 4.05. The predicted molar refractivity (Wildman–Crippen MR) is 93.4 cm³/mol. The molecule has 0 N–H and O–H groups in total. The van der Waals surface area contributed by atoms with Crippen molar-refractivity contribution in [3.63, 3.8) is 0 Å². The molecule has 1 aromatic carbocycles. The Labute approximate surface area is 150 Å². The van der Waals surface area contributed by atoms with Crippen LogP contribution < -0.4 is 0 Å². The summed E-state index contributed by atoms with van der Waals surface area (Å²) in [6, 6.07) is 9.08. The molecule has 0 saturated carbocycles. The van der Waals surface area contributed by atoms with E-state index in [-0.39, 0.29) is 41.6 Å². The summed E-state index contributed by atoms with van der Waals surface area (Å²) >= 11 is 1.30. The number of hydrogen-bond donors (Lipinski definition) is 0. The summed E-state index contributed by atoms with van der Waals surface area (Å²) < 4.78 is 41.8. The van der Waals surface area contributed by atoms with Crippen molar-refractivity contribution in [3.05, 3.63) is 54.2 Å². The van der Waals surface area contributed by atoms with Gasteiger partial charge in [0.1, 0.15) is 11.6 Å². The molecule has 5 nitrogen and oxygen atoms in total. The minimum absolute atomic E-state index is 0.0132. The summed E-state index contributed by atoms with van der Waals surface area (Å²) in [7, 11) is -3.10. The fourth-order valence-corrected chi connectivity index (χ4v) is 5.29. The van der Waals surface area contributed by atoms with Gasteiger partial charge in [-0.2, -0.15) is 0 Å². The number of benzene rings is 1. The Hall–Kier alpha value is -1.80. The van der Waals surface area contributed by atoms with Gasteiger partial charge in [0.15, 0.2) is 9.84 Å². The zero-order chi connectivity index (χ0) is 17.9. The lowest BCUT2D eigenvalue weighted by Crippen LogP contribution is -2.41. The Morgan fingerprint density at radius 3 is 2.64 bits per heavy atom. The molecule has 1 atom stereocenters. The topological polar surface area (TPSA) is 67.6 Å². The van der Waals surface area contributed by atoms with Crippen LogP contribution in [0.25, 0.3) is 0 Å². The lowest BCUT2D eigenvalue weighted by atomic mass is 10.2. The van der Waals surface area contributed by atoms with E-state index in [1.807, 2.05) is 0 Å². The first kappa shape index (κ1) is 18.0. The molecule has 2 aromatic rings. The van der Waals surface area contributed by atoms with Crippen LogP contribution in [0.15, 0.2) is 52.0 Å². The lowest BCUT2D eigenvalue weighted by molar-refractivity contribution is -0.131. The number of furan rings is 1. The van der Waals surface area contributed by atoms with Gasteiger partial charge in [-0.1, -0.05) is 0 Å². The highest BCUT2D eigenvalue weighted by atomic mass is 32.2. The molecule has 25 heavy (non-hydrogen) atoms. The molecule has 8 heteroatoms. The molecule has 2 heterocycles. The first-order valence-electron chi connectivity index (χ1n) is 7.83. The fraction of sp³-hybridized carbons (Fsp3) is 0.353. The smallest absolute Gasteiger partial charge is 0.233 e. The average Bonchev–Trinajstić information content (AvgIpc) is 3.21. The van der Waals surface area contributed by atoms with Gasteiger partial charge in [-0.25, -0.2) is 12.8 Å². The second-order valence-electron chi connectivity index (χ2n) is 5.90. The Balaban J connectivity index is 1.69. The molecule has 0 aliphatic carbocycles. The highest BCUT2D eigenvalue weighted by Crippen LogP contribution is 2.24. The summed E-state index contributed by atoms with van der Waals surface area (Å²) in [5.74, 6) is 0.373. The van der Waals surface area contributed by atoms with E-state index in [0.717, 1.165) is 4.90 Å². The van der Waals surface area contributed by atoms with Crippen LogP contribution in [-0.2, 0) is 21.2 Å². The van der Waals surface area contributed by atoms with Crippen molar-refractivity contribution < 1.29 is 22.0 Å². The maximum atomic E-state index is 13.0.